The number of benzene rings is 2. The Morgan fingerprint density at radius 2 is 1.79 bits per heavy atom. The first-order valence-corrected chi connectivity index (χ1v) is 10.7. The number of nitrogens with zero attached hydrogens (tertiary/aromatic N) is 3. The number of nitro groups is 2. The van der Waals surface area contributed by atoms with Crippen molar-refractivity contribution in [3.05, 3.63) is 80.1 Å². The van der Waals surface area contributed by atoms with Gasteiger partial charge in [-0.15, -0.1) is 0 Å². The van der Waals surface area contributed by atoms with E-state index in [0.29, 0.717) is 11.6 Å². The third kappa shape index (κ3) is 3.24. The predicted molar refractivity (Wildman–Crippen MR) is 107 cm³/mol. The number of allylic oxidation sites excluding steroid dienone is 1. The molecule has 28 heavy (non-hydrogen) atoms. The molecule has 1 unspecified atom stereocenters. The summed E-state index contributed by atoms with van der Waals surface area (Å²) in [6.07, 6.45) is 4.29. The van der Waals surface area contributed by atoms with Gasteiger partial charge in [0, 0.05) is 0 Å². The first-order chi connectivity index (χ1) is 13.5. The van der Waals surface area contributed by atoms with Crippen LogP contribution >= 0.6 is 10.0 Å². The van der Waals surface area contributed by atoms with E-state index in [1.165, 1.54) is 4.90 Å². The Bertz CT molecular complexity index is 1040. The van der Waals surface area contributed by atoms with Crippen molar-refractivity contribution in [3.63, 3.8) is 0 Å². The summed E-state index contributed by atoms with van der Waals surface area (Å²) in [6.45, 7) is 0. The number of oxazole rings is 1. The molecule has 1 atom stereocenters. The van der Waals surface area contributed by atoms with Crippen LogP contribution in [0.2, 0.25) is 0 Å². The first kappa shape index (κ1) is 18.2. The molecule has 4 rings (SSSR count). The van der Waals surface area contributed by atoms with E-state index >= 15 is 0 Å². The second-order valence-corrected chi connectivity index (χ2v) is 9.88. The molecule has 0 fully saturated rings. The van der Waals surface area contributed by atoms with Gasteiger partial charge in [0.05, 0.1) is 27.7 Å². The lowest BCUT2D eigenvalue weighted by atomic mass is 10.2. The molecule has 0 radical (unpaired) electrons. The molecule has 0 N–H and O–H groups in total. The molecular formula is C19H17N3O5S. The van der Waals surface area contributed by atoms with Gasteiger partial charge in [-0.2, -0.15) is 10.0 Å². The molecule has 1 aliphatic heterocycles. The molecule has 0 aliphatic carbocycles. The van der Waals surface area contributed by atoms with Crippen LogP contribution in [0.15, 0.2) is 63.3 Å². The summed E-state index contributed by atoms with van der Waals surface area (Å²) >= 11 is 0. The van der Waals surface area contributed by atoms with Crippen LogP contribution in [0, 0.1) is 20.2 Å². The van der Waals surface area contributed by atoms with E-state index in [9.17, 15) is 20.2 Å². The van der Waals surface area contributed by atoms with Gasteiger partial charge >= 0.3 is 11.4 Å². The summed E-state index contributed by atoms with van der Waals surface area (Å²) < 4.78 is 5.79. The van der Waals surface area contributed by atoms with E-state index in [2.05, 4.69) is 28.6 Å². The standard InChI is InChI=1S/C19H17N3O5S/c23-21(24)16-11-15-18(12-17(16)22(25)26)27-19(20-15)13-28(9-5-2-6-10-28)14-7-3-1-4-8-14/h1,3-5,7-9,11-12H,2,6,10,13H2. The van der Waals surface area contributed by atoms with Gasteiger partial charge in [0.2, 0.25) is 5.89 Å². The summed E-state index contributed by atoms with van der Waals surface area (Å²) in [6, 6.07) is 12.4. The molecule has 0 spiro atoms. The first-order valence-electron chi connectivity index (χ1n) is 8.71. The average molecular weight is 399 g/mol. The van der Waals surface area contributed by atoms with Crippen LogP contribution in [0.25, 0.3) is 11.1 Å². The second kappa shape index (κ2) is 7.08. The fourth-order valence-electron chi connectivity index (χ4n) is 3.44. The van der Waals surface area contributed by atoms with Gasteiger partial charge in [0.1, 0.15) is 5.52 Å². The van der Waals surface area contributed by atoms with Crippen molar-refractivity contribution in [2.24, 2.45) is 0 Å². The van der Waals surface area contributed by atoms with Crippen molar-refractivity contribution in [1.29, 1.82) is 0 Å². The Hall–Kier alpha value is -3.20. The van der Waals surface area contributed by atoms with E-state index in [4.69, 9.17) is 4.42 Å². The van der Waals surface area contributed by atoms with Crippen molar-refractivity contribution >= 4 is 32.5 Å². The van der Waals surface area contributed by atoms with Crippen LogP contribution < -0.4 is 0 Å². The van der Waals surface area contributed by atoms with Gasteiger partial charge < -0.3 is 4.42 Å². The molecule has 8 nitrogen and oxygen atoms in total. The molecule has 0 saturated heterocycles. The zero-order chi connectivity index (χ0) is 19.7. The van der Waals surface area contributed by atoms with Crippen LogP contribution in [0.4, 0.5) is 11.4 Å². The highest BCUT2D eigenvalue weighted by Gasteiger charge is 2.30. The maximum absolute atomic E-state index is 11.2. The summed E-state index contributed by atoms with van der Waals surface area (Å²) in [5.41, 5.74) is -0.729. The highest BCUT2D eigenvalue weighted by molar-refractivity contribution is 8.35. The van der Waals surface area contributed by atoms with E-state index in [1.54, 1.807) is 0 Å². The van der Waals surface area contributed by atoms with E-state index in [1.807, 2.05) is 18.2 Å². The van der Waals surface area contributed by atoms with Crippen molar-refractivity contribution < 1.29 is 14.3 Å². The maximum atomic E-state index is 11.2. The Kier molecular flexibility index (Phi) is 4.60. The number of nitro benzene ring substituents is 2. The molecule has 1 aromatic heterocycles. The number of fused-ring (bicyclic) bond motifs is 1. The molecule has 2 aromatic carbocycles. The van der Waals surface area contributed by atoms with Crippen molar-refractivity contribution in [2.75, 3.05) is 5.75 Å². The summed E-state index contributed by atoms with van der Waals surface area (Å²) in [5.74, 6) is 2.01. The van der Waals surface area contributed by atoms with Gasteiger partial charge in [0.25, 0.3) is 0 Å². The lowest BCUT2D eigenvalue weighted by molar-refractivity contribution is -0.422. The fourth-order valence-corrected chi connectivity index (χ4v) is 6.83. The van der Waals surface area contributed by atoms with E-state index in [-0.39, 0.29) is 11.1 Å². The summed E-state index contributed by atoms with van der Waals surface area (Å²) in [5, 5.41) is 24.6. The number of rotatable bonds is 5. The minimum atomic E-state index is -1.33. The normalized spacial score (nSPS) is 21.3. The number of hydrogen-bond donors (Lipinski definition) is 0. The topological polar surface area (TPSA) is 112 Å². The van der Waals surface area contributed by atoms with E-state index < -0.39 is 31.2 Å². The smallest absolute Gasteiger partial charge is 0.349 e. The zero-order valence-electron chi connectivity index (χ0n) is 14.8. The minimum Gasteiger partial charge on any atom is -0.440 e. The molecule has 9 heteroatoms. The quantitative estimate of drug-likeness (QED) is 0.424. The third-order valence-corrected chi connectivity index (χ3v) is 8.46. The van der Waals surface area contributed by atoms with Crippen LogP contribution in [-0.4, -0.2) is 20.6 Å². The zero-order valence-corrected chi connectivity index (χ0v) is 15.6. The molecule has 1 aliphatic rings. The highest BCUT2D eigenvalue weighted by atomic mass is 32.3. The molecule has 2 heterocycles. The van der Waals surface area contributed by atoms with Crippen molar-refractivity contribution in [2.45, 2.75) is 23.5 Å². The van der Waals surface area contributed by atoms with Crippen molar-refractivity contribution in [3.8, 4) is 0 Å². The fraction of sp³-hybridized carbons (Fsp3) is 0.211. The molecular weight excluding hydrogens is 382 g/mol. The number of hydrogen-bond acceptors (Lipinski definition) is 6. The lowest BCUT2D eigenvalue weighted by Crippen LogP contribution is -2.09. The molecule has 0 bridgehead atoms. The van der Waals surface area contributed by atoms with Crippen LogP contribution in [0.5, 0.6) is 0 Å². The van der Waals surface area contributed by atoms with Crippen LogP contribution in [-0.2, 0) is 5.75 Å². The van der Waals surface area contributed by atoms with E-state index in [0.717, 1.165) is 30.7 Å². The summed E-state index contributed by atoms with van der Waals surface area (Å²) in [4.78, 5) is 26.4. The third-order valence-electron chi connectivity index (χ3n) is 4.75. The van der Waals surface area contributed by atoms with Crippen LogP contribution in [0.3, 0.4) is 0 Å². The number of aromatic nitrogens is 1. The van der Waals surface area contributed by atoms with Gasteiger partial charge in [-0.05, 0) is 41.0 Å². The van der Waals surface area contributed by atoms with Gasteiger partial charge in [0.15, 0.2) is 5.58 Å². The van der Waals surface area contributed by atoms with Gasteiger partial charge in [-0.1, -0.05) is 24.3 Å². The Morgan fingerprint density at radius 1 is 1.07 bits per heavy atom. The molecule has 144 valence electrons. The second-order valence-electron chi connectivity index (χ2n) is 6.55. The Labute approximate surface area is 161 Å². The highest BCUT2D eigenvalue weighted by Crippen LogP contribution is 2.61. The minimum absolute atomic E-state index is 0.190. The van der Waals surface area contributed by atoms with Gasteiger partial charge in [-0.25, -0.2) is 4.98 Å². The lowest BCUT2D eigenvalue weighted by Gasteiger charge is -2.38. The Morgan fingerprint density at radius 3 is 2.43 bits per heavy atom. The predicted octanol–water partition coefficient (Wildman–Crippen LogP) is 5.32. The monoisotopic (exact) mass is 399 g/mol. The van der Waals surface area contributed by atoms with Crippen LogP contribution in [0.1, 0.15) is 18.7 Å². The molecule has 0 amide bonds. The Balaban J connectivity index is 1.78. The largest absolute Gasteiger partial charge is 0.440 e. The van der Waals surface area contributed by atoms with Gasteiger partial charge in [-0.3, -0.25) is 20.2 Å². The average Bonchev–Trinajstić information content (AvgIpc) is 3.09. The molecule has 0 saturated carbocycles. The van der Waals surface area contributed by atoms with Crippen molar-refractivity contribution in [1.82, 2.24) is 4.98 Å². The SMILES string of the molecule is O=[N+]([O-])c1cc2nc(CS3(c4ccccc4)C=CCCC3)oc2cc1[N+](=O)[O-]. The maximum Gasteiger partial charge on any atom is 0.349 e. The summed E-state index contributed by atoms with van der Waals surface area (Å²) in [7, 11) is -1.33. The molecule has 3 aromatic rings.